The summed E-state index contributed by atoms with van der Waals surface area (Å²) in [6, 6.07) is 10.2. The van der Waals surface area contributed by atoms with Crippen LogP contribution in [0.4, 0.5) is 0 Å². The van der Waals surface area contributed by atoms with Gasteiger partial charge in [-0.05, 0) is 75.8 Å². The van der Waals surface area contributed by atoms with E-state index in [1.807, 2.05) is 49.2 Å². The van der Waals surface area contributed by atoms with Crippen LogP contribution in [-0.4, -0.2) is 66.6 Å². The second kappa shape index (κ2) is 15.9. The molecule has 2 heterocycles. The number of carbonyl (C=O) groups excluding carboxylic acids is 2. The number of aryl methyl sites for hydroxylation is 6. The minimum Gasteiger partial charge on any atom is -0.494 e. The molecule has 4 rings (SSSR count). The quantitative estimate of drug-likeness (QED) is 0.109. The van der Waals surface area contributed by atoms with Gasteiger partial charge in [-0.1, -0.05) is 29.8 Å². The molecular weight excluding hydrogens is 580 g/mol. The molecule has 2 aromatic carbocycles. The molecule has 0 aliphatic heterocycles. The van der Waals surface area contributed by atoms with E-state index in [-0.39, 0.29) is 0 Å². The van der Waals surface area contributed by atoms with Crippen LogP contribution in [0.3, 0.4) is 0 Å². The number of rotatable bonds is 18. The van der Waals surface area contributed by atoms with Crippen molar-refractivity contribution in [3.8, 4) is 16.9 Å². The second-order valence-electron chi connectivity index (χ2n) is 11.0. The fourth-order valence-electron chi connectivity index (χ4n) is 5.79. The molecular formula is C34H43ClN4O5. The predicted molar refractivity (Wildman–Crippen MR) is 174 cm³/mol. The number of nitrogens with one attached hydrogen (secondary N) is 1. The molecule has 0 spiro atoms. The fraction of sp³-hybridized carbons (Fsp3) is 0.441. The lowest BCUT2D eigenvalue weighted by molar-refractivity contribution is -0.109. The molecule has 236 valence electrons. The third-order valence-corrected chi connectivity index (χ3v) is 8.48. The molecule has 0 saturated carbocycles. The van der Waals surface area contributed by atoms with E-state index in [0.717, 1.165) is 93.0 Å². The molecule has 1 N–H and O–H groups in total. The number of hydrogen-bond donors (Lipinski definition) is 1. The first-order valence-corrected chi connectivity index (χ1v) is 15.5. The van der Waals surface area contributed by atoms with Crippen molar-refractivity contribution < 1.29 is 23.8 Å². The van der Waals surface area contributed by atoms with E-state index in [0.29, 0.717) is 51.7 Å². The number of hydrogen-bond acceptors (Lipinski definition) is 6. The average molecular weight is 623 g/mol. The maximum atomic E-state index is 12.3. The SMILES string of the molecule is Cc1cc(OCCCc2c(C=O)n(C)c3c(-c4c(C)nn(CCCOCCOCCNC=O)c4C)cccc23)cc(C)c1Cl. The lowest BCUT2D eigenvalue weighted by Crippen LogP contribution is -2.18. The van der Waals surface area contributed by atoms with E-state index < -0.39 is 0 Å². The van der Waals surface area contributed by atoms with Crippen molar-refractivity contribution in [2.75, 3.05) is 39.6 Å². The summed E-state index contributed by atoms with van der Waals surface area (Å²) >= 11 is 6.31. The topological polar surface area (TPSA) is 96.6 Å². The maximum Gasteiger partial charge on any atom is 0.207 e. The van der Waals surface area contributed by atoms with E-state index in [1.165, 1.54) is 0 Å². The number of benzene rings is 2. The van der Waals surface area contributed by atoms with E-state index >= 15 is 0 Å². The fourth-order valence-corrected chi connectivity index (χ4v) is 5.89. The zero-order chi connectivity index (χ0) is 31.6. The smallest absolute Gasteiger partial charge is 0.207 e. The number of para-hydroxylation sites is 1. The third-order valence-electron chi connectivity index (χ3n) is 7.88. The molecule has 4 aromatic rings. The standard InChI is InChI=1S/C34H43ClN4O5/c1-23-19-27(20-24(2)33(23)35)44-15-7-11-28-29-9-6-10-30(34(29)38(5)31(28)21-40)32-25(3)37-39(26(32)4)13-8-14-42-17-18-43-16-12-36-22-41/h6,9-10,19-22H,7-8,11-18H2,1-5H3,(H,36,41). The number of carbonyl (C=O) groups is 2. The first kappa shape index (κ1) is 33.2. The molecule has 0 saturated heterocycles. The van der Waals surface area contributed by atoms with Crippen molar-refractivity contribution in [3.05, 3.63) is 69.1 Å². The van der Waals surface area contributed by atoms with Crippen molar-refractivity contribution in [3.63, 3.8) is 0 Å². The van der Waals surface area contributed by atoms with Crippen molar-refractivity contribution in [1.82, 2.24) is 19.7 Å². The van der Waals surface area contributed by atoms with Gasteiger partial charge in [-0.2, -0.15) is 5.10 Å². The van der Waals surface area contributed by atoms with Crippen LogP contribution < -0.4 is 10.1 Å². The van der Waals surface area contributed by atoms with Gasteiger partial charge in [0.05, 0.1) is 43.3 Å². The van der Waals surface area contributed by atoms with Crippen LogP contribution in [0.2, 0.25) is 5.02 Å². The van der Waals surface area contributed by atoms with Crippen molar-refractivity contribution in [2.24, 2.45) is 7.05 Å². The van der Waals surface area contributed by atoms with Crippen LogP contribution >= 0.6 is 11.6 Å². The van der Waals surface area contributed by atoms with E-state index in [9.17, 15) is 9.59 Å². The van der Waals surface area contributed by atoms with Gasteiger partial charge in [0.2, 0.25) is 6.41 Å². The molecule has 2 aromatic heterocycles. The predicted octanol–water partition coefficient (Wildman–Crippen LogP) is 5.92. The lowest BCUT2D eigenvalue weighted by Gasteiger charge is -2.10. The van der Waals surface area contributed by atoms with Gasteiger partial charge in [-0.15, -0.1) is 0 Å². The van der Waals surface area contributed by atoms with Crippen LogP contribution in [0, 0.1) is 27.7 Å². The highest BCUT2D eigenvalue weighted by molar-refractivity contribution is 6.32. The highest BCUT2D eigenvalue weighted by Crippen LogP contribution is 2.37. The minimum absolute atomic E-state index is 0.471. The number of amides is 1. The molecule has 0 radical (unpaired) electrons. The Morgan fingerprint density at radius 3 is 2.39 bits per heavy atom. The number of fused-ring (bicyclic) bond motifs is 1. The van der Waals surface area contributed by atoms with Crippen LogP contribution in [0.1, 0.15) is 51.4 Å². The Morgan fingerprint density at radius 2 is 1.68 bits per heavy atom. The van der Waals surface area contributed by atoms with Crippen LogP contribution in [0.15, 0.2) is 30.3 Å². The molecule has 0 fully saturated rings. The van der Waals surface area contributed by atoms with Gasteiger partial charge in [0.1, 0.15) is 5.75 Å². The number of halogens is 1. The molecule has 0 atom stereocenters. The molecule has 10 heteroatoms. The summed E-state index contributed by atoms with van der Waals surface area (Å²) in [4.78, 5) is 22.6. The first-order valence-electron chi connectivity index (χ1n) is 15.1. The van der Waals surface area contributed by atoms with Gasteiger partial charge in [-0.25, -0.2) is 0 Å². The average Bonchev–Trinajstić information content (AvgIpc) is 3.45. The number of aromatic nitrogens is 3. The number of nitrogens with zero attached hydrogens (tertiary/aromatic N) is 3. The molecule has 0 aliphatic carbocycles. The van der Waals surface area contributed by atoms with Gasteiger partial charge in [0.15, 0.2) is 6.29 Å². The minimum atomic E-state index is 0.471. The normalized spacial score (nSPS) is 11.3. The lowest BCUT2D eigenvalue weighted by atomic mass is 9.98. The van der Waals surface area contributed by atoms with Crippen LogP contribution in [0.5, 0.6) is 5.75 Å². The van der Waals surface area contributed by atoms with E-state index in [2.05, 4.69) is 30.4 Å². The van der Waals surface area contributed by atoms with Gasteiger partial charge >= 0.3 is 0 Å². The molecule has 1 amide bonds. The summed E-state index contributed by atoms with van der Waals surface area (Å²) in [7, 11) is 1.96. The van der Waals surface area contributed by atoms with Crippen molar-refractivity contribution in [1.29, 1.82) is 0 Å². The van der Waals surface area contributed by atoms with Crippen LogP contribution in [-0.2, 0) is 34.3 Å². The molecule has 9 nitrogen and oxygen atoms in total. The zero-order valence-corrected chi connectivity index (χ0v) is 27.1. The van der Waals surface area contributed by atoms with E-state index in [4.69, 9.17) is 30.9 Å². The number of aldehydes is 1. The maximum absolute atomic E-state index is 12.3. The van der Waals surface area contributed by atoms with Crippen molar-refractivity contribution >= 4 is 35.2 Å². The second-order valence-corrected chi connectivity index (χ2v) is 11.4. The Kier molecular flexibility index (Phi) is 12.0. The van der Waals surface area contributed by atoms with Gasteiger partial charge in [-0.3, -0.25) is 14.3 Å². The summed E-state index contributed by atoms with van der Waals surface area (Å²) in [6.45, 7) is 11.9. The monoisotopic (exact) mass is 622 g/mol. The summed E-state index contributed by atoms with van der Waals surface area (Å²) in [6.07, 6.45) is 3.93. The highest BCUT2D eigenvalue weighted by atomic mass is 35.5. The zero-order valence-electron chi connectivity index (χ0n) is 26.4. The Balaban J connectivity index is 1.43. The van der Waals surface area contributed by atoms with Crippen molar-refractivity contribution in [2.45, 2.75) is 53.5 Å². The van der Waals surface area contributed by atoms with Gasteiger partial charge < -0.3 is 24.1 Å². The number of ether oxygens (including phenoxy) is 3. The summed E-state index contributed by atoms with van der Waals surface area (Å²) in [5.74, 6) is 0.809. The van der Waals surface area contributed by atoms with Gasteiger partial charge in [0, 0.05) is 54.0 Å². The van der Waals surface area contributed by atoms with Crippen LogP contribution in [0.25, 0.3) is 22.0 Å². The molecule has 0 unspecified atom stereocenters. The van der Waals surface area contributed by atoms with Gasteiger partial charge in [0.25, 0.3) is 0 Å². The molecule has 44 heavy (non-hydrogen) atoms. The summed E-state index contributed by atoms with van der Waals surface area (Å²) in [5.41, 5.74) is 8.95. The first-order chi connectivity index (χ1) is 21.3. The molecule has 0 bridgehead atoms. The Bertz CT molecular complexity index is 1570. The Hall–Kier alpha value is -3.66. The largest absolute Gasteiger partial charge is 0.494 e. The molecule has 0 aliphatic rings. The summed E-state index contributed by atoms with van der Waals surface area (Å²) in [5, 5.41) is 9.26. The highest BCUT2D eigenvalue weighted by Gasteiger charge is 2.21. The summed E-state index contributed by atoms with van der Waals surface area (Å²) < 4.78 is 21.2. The van der Waals surface area contributed by atoms with E-state index in [1.54, 1.807) is 0 Å². The Labute approximate surface area is 264 Å². The Morgan fingerprint density at radius 1 is 0.955 bits per heavy atom. The third kappa shape index (κ3) is 7.70.